The number of ether oxygens (including phenoxy) is 4. The minimum Gasteiger partial charge on any atom is -0.387 e. The van der Waals surface area contributed by atoms with Crippen molar-refractivity contribution in [2.24, 2.45) is 0 Å². The van der Waals surface area contributed by atoms with Crippen molar-refractivity contribution >= 4 is 0 Å². The first-order valence-corrected chi connectivity index (χ1v) is 4.95. The molecular weight excluding hydrogens is 204 g/mol. The zero-order valence-corrected chi connectivity index (χ0v) is 8.70. The fourth-order valence-corrected chi connectivity index (χ4v) is 1.89. The van der Waals surface area contributed by atoms with Crippen LogP contribution in [0.25, 0.3) is 0 Å². The summed E-state index contributed by atoms with van der Waals surface area (Å²) in [4.78, 5) is 0. The molecule has 0 amide bonds. The molecule has 0 spiro atoms. The van der Waals surface area contributed by atoms with Crippen molar-refractivity contribution in [3.05, 3.63) is 0 Å². The Morgan fingerprint density at radius 3 is 2.60 bits per heavy atom. The summed E-state index contributed by atoms with van der Waals surface area (Å²) in [5.74, 6) is 0. The highest BCUT2D eigenvalue weighted by Crippen LogP contribution is 2.28. The molecule has 2 aliphatic rings. The van der Waals surface area contributed by atoms with E-state index in [1.165, 1.54) is 7.11 Å². The molecule has 0 saturated carbocycles. The molecule has 6 heteroatoms. The summed E-state index contributed by atoms with van der Waals surface area (Å²) in [6, 6.07) is 0. The molecule has 2 heterocycles. The molecule has 0 radical (unpaired) electrons. The van der Waals surface area contributed by atoms with Crippen molar-refractivity contribution in [3.63, 3.8) is 0 Å². The lowest BCUT2D eigenvalue weighted by molar-refractivity contribution is -0.352. The highest BCUT2D eigenvalue weighted by Gasteiger charge is 2.48. The van der Waals surface area contributed by atoms with Gasteiger partial charge >= 0.3 is 0 Å². The van der Waals surface area contributed by atoms with Crippen LogP contribution in [0.1, 0.15) is 6.92 Å². The van der Waals surface area contributed by atoms with E-state index in [4.69, 9.17) is 18.9 Å². The molecule has 6 atom stereocenters. The Kier molecular flexibility index (Phi) is 3.24. The van der Waals surface area contributed by atoms with E-state index in [0.717, 1.165) is 0 Å². The predicted molar refractivity (Wildman–Crippen MR) is 48.0 cm³/mol. The summed E-state index contributed by atoms with van der Waals surface area (Å²) in [6.45, 7) is 2.06. The normalized spacial score (nSPS) is 51.2. The molecule has 2 fully saturated rings. The van der Waals surface area contributed by atoms with E-state index in [-0.39, 0.29) is 0 Å². The van der Waals surface area contributed by atoms with Gasteiger partial charge in [0, 0.05) is 7.11 Å². The van der Waals surface area contributed by atoms with E-state index < -0.39 is 37.0 Å². The molecule has 0 unspecified atom stereocenters. The van der Waals surface area contributed by atoms with Crippen molar-refractivity contribution in [1.29, 1.82) is 0 Å². The minimum absolute atomic E-state index is 0.329. The van der Waals surface area contributed by atoms with E-state index in [1.54, 1.807) is 6.92 Å². The predicted octanol–water partition coefficient (Wildman–Crippen LogP) is -1.16. The van der Waals surface area contributed by atoms with Gasteiger partial charge in [0.2, 0.25) is 0 Å². The third kappa shape index (κ3) is 2.01. The number of hydrogen-bond donors (Lipinski definition) is 2. The van der Waals surface area contributed by atoms with Gasteiger partial charge in [-0.2, -0.15) is 0 Å². The molecule has 2 rings (SSSR count). The summed E-state index contributed by atoms with van der Waals surface area (Å²) in [7, 11) is 1.41. The molecule has 0 aromatic carbocycles. The average molecular weight is 220 g/mol. The number of hydrogen-bond acceptors (Lipinski definition) is 6. The summed E-state index contributed by atoms with van der Waals surface area (Å²) in [5, 5.41) is 19.4. The van der Waals surface area contributed by atoms with Crippen molar-refractivity contribution in [1.82, 2.24) is 0 Å². The van der Waals surface area contributed by atoms with Crippen molar-refractivity contribution < 1.29 is 29.2 Å². The highest BCUT2D eigenvalue weighted by atomic mass is 16.7. The van der Waals surface area contributed by atoms with E-state index in [0.29, 0.717) is 6.61 Å². The lowest BCUT2D eigenvalue weighted by atomic mass is 9.98. The summed E-state index contributed by atoms with van der Waals surface area (Å²) >= 11 is 0. The molecule has 2 aliphatic heterocycles. The first-order valence-electron chi connectivity index (χ1n) is 4.95. The molecule has 0 aromatic heterocycles. The van der Waals surface area contributed by atoms with Crippen molar-refractivity contribution in [2.75, 3.05) is 13.7 Å². The number of rotatable bonds is 1. The van der Waals surface area contributed by atoms with Gasteiger partial charge in [-0.15, -0.1) is 0 Å². The van der Waals surface area contributed by atoms with Gasteiger partial charge in [0.25, 0.3) is 0 Å². The summed E-state index contributed by atoms with van der Waals surface area (Å²) in [6.07, 6.45) is -4.29. The molecular formula is C9H16O6. The third-order valence-electron chi connectivity index (χ3n) is 2.72. The van der Waals surface area contributed by atoms with Gasteiger partial charge in [-0.05, 0) is 6.92 Å². The lowest BCUT2D eigenvalue weighted by Gasteiger charge is -2.45. The zero-order valence-electron chi connectivity index (χ0n) is 8.70. The molecule has 0 aromatic rings. The highest BCUT2D eigenvalue weighted by molar-refractivity contribution is 4.91. The summed E-state index contributed by atoms with van der Waals surface area (Å²) in [5.41, 5.74) is 0. The Labute approximate surface area is 87.7 Å². The van der Waals surface area contributed by atoms with Crippen LogP contribution in [-0.4, -0.2) is 60.9 Å². The van der Waals surface area contributed by atoms with Gasteiger partial charge < -0.3 is 29.2 Å². The molecule has 6 nitrogen and oxygen atoms in total. The van der Waals surface area contributed by atoms with E-state index in [9.17, 15) is 10.2 Å². The van der Waals surface area contributed by atoms with Crippen LogP contribution in [-0.2, 0) is 18.9 Å². The standard InChI is InChI=1S/C9H16O6/c1-4-13-3-5-8(14-4)6(10)7(11)9(12-2)15-5/h4-11H,3H2,1-2H3/t4-,5+,6+,7-,8+,9-/m0/s1. The monoisotopic (exact) mass is 220 g/mol. The maximum atomic E-state index is 9.80. The molecule has 2 saturated heterocycles. The number of aliphatic hydroxyl groups is 2. The van der Waals surface area contributed by atoms with Crippen molar-refractivity contribution in [3.8, 4) is 0 Å². The average Bonchev–Trinajstić information content (AvgIpc) is 2.24. The maximum absolute atomic E-state index is 9.80. The van der Waals surface area contributed by atoms with Gasteiger partial charge in [0.15, 0.2) is 12.6 Å². The molecule has 88 valence electrons. The second-order valence-electron chi connectivity index (χ2n) is 3.76. The minimum atomic E-state index is -1.10. The van der Waals surface area contributed by atoms with Crippen LogP contribution in [0.3, 0.4) is 0 Å². The molecule has 2 N–H and O–H groups in total. The maximum Gasteiger partial charge on any atom is 0.186 e. The van der Waals surface area contributed by atoms with Gasteiger partial charge in [-0.3, -0.25) is 0 Å². The second kappa shape index (κ2) is 4.32. The Balaban J connectivity index is 2.07. The zero-order chi connectivity index (χ0) is 11.0. The van der Waals surface area contributed by atoms with Gasteiger partial charge in [-0.25, -0.2) is 0 Å². The van der Waals surface area contributed by atoms with Crippen LogP contribution in [0, 0.1) is 0 Å². The molecule has 0 bridgehead atoms. The third-order valence-corrected chi connectivity index (χ3v) is 2.72. The van der Waals surface area contributed by atoms with Gasteiger partial charge in [-0.1, -0.05) is 0 Å². The fraction of sp³-hybridized carbons (Fsp3) is 1.00. The molecule has 15 heavy (non-hydrogen) atoms. The smallest absolute Gasteiger partial charge is 0.186 e. The van der Waals surface area contributed by atoms with Gasteiger partial charge in [0.1, 0.15) is 24.4 Å². The SMILES string of the molecule is CO[C@H]1O[C@@H]2CO[C@H](C)O[C@H]2[C@H](O)[C@@H]1O. The first-order chi connectivity index (χ1) is 7.13. The van der Waals surface area contributed by atoms with Crippen LogP contribution in [0.5, 0.6) is 0 Å². The number of methoxy groups -OCH3 is 1. The Morgan fingerprint density at radius 2 is 1.93 bits per heavy atom. The van der Waals surface area contributed by atoms with E-state index in [2.05, 4.69) is 0 Å². The van der Waals surface area contributed by atoms with Crippen molar-refractivity contribution in [2.45, 2.75) is 43.9 Å². The Bertz CT molecular complexity index is 221. The van der Waals surface area contributed by atoms with Crippen LogP contribution >= 0.6 is 0 Å². The fourth-order valence-electron chi connectivity index (χ4n) is 1.89. The number of aliphatic hydroxyl groups excluding tert-OH is 2. The number of fused-ring (bicyclic) bond motifs is 1. The first kappa shape index (κ1) is 11.3. The molecule has 0 aliphatic carbocycles. The topological polar surface area (TPSA) is 77.4 Å². The largest absolute Gasteiger partial charge is 0.387 e. The van der Waals surface area contributed by atoms with Crippen LogP contribution in [0.15, 0.2) is 0 Å². The second-order valence-corrected chi connectivity index (χ2v) is 3.76. The quantitative estimate of drug-likeness (QED) is 0.580. The Morgan fingerprint density at radius 1 is 1.20 bits per heavy atom. The van der Waals surface area contributed by atoms with Crippen LogP contribution in [0.2, 0.25) is 0 Å². The Hall–Kier alpha value is -0.240. The van der Waals surface area contributed by atoms with Gasteiger partial charge in [0.05, 0.1) is 6.61 Å². The van der Waals surface area contributed by atoms with E-state index in [1.807, 2.05) is 0 Å². The van der Waals surface area contributed by atoms with E-state index >= 15 is 0 Å². The lowest BCUT2D eigenvalue weighted by Crippen LogP contribution is -2.62. The summed E-state index contributed by atoms with van der Waals surface area (Å²) < 4.78 is 20.9. The van der Waals surface area contributed by atoms with Crippen LogP contribution in [0.4, 0.5) is 0 Å². The van der Waals surface area contributed by atoms with Crippen LogP contribution < -0.4 is 0 Å².